The standard InChI is InChI=1S/C32H27Br2N3O6/c1-4-41-30(38)24-23-17-20(15-16-37(23)28(32(40)43-6-3)25(24)31(39)42-5-2)29-35-26(18-7-11-21(33)12-8-18)27(36-29)19-9-13-22(34)14-10-19/h7-17H,4-6H2,1-3H3,(H,35,36). The zero-order valence-corrected chi connectivity index (χ0v) is 26.7. The van der Waals surface area contributed by atoms with Gasteiger partial charge in [-0.1, -0.05) is 56.1 Å². The van der Waals surface area contributed by atoms with E-state index in [4.69, 9.17) is 19.2 Å². The van der Waals surface area contributed by atoms with Gasteiger partial charge in [0, 0.05) is 31.8 Å². The topological polar surface area (TPSA) is 112 Å². The molecule has 0 aliphatic rings. The summed E-state index contributed by atoms with van der Waals surface area (Å²) in [5.41, 5.74) is 3.82. The number of aromatic nitrogens is 3. The Bertz CT molecular complexity index is 1760. The Morgan fingerprint density at radius 1 is 0.721 bits per heavy atom. The second-order valence-corrected chi connectivity index (χ2v) is 11.1. The molecule has 5 aromatic rings. The van der Waals surface area contributed by atoms with Crippen LogP contribution in [0.2, 0.25) is 0 Å². The van der Waals surface area contributed by atoms with E-state index in [2.05, 4.69) is 36.8 Å². The first-order chi connectivity index (χ1) is 20.8. The number of rotatable bonds is 9. The van der Waals surface area contributed by atoms with Crippen molar-refractivity contribution in [2.75, 3.05) is 19.8 Å². The highest BCUT2D eigenvalue weighted by molar-refractivity contribution is 9.10. The van der Waals surface area contributed by atoms with Crippen molar-refractivity contribution in [1.29, 1.82) is 0 Å². The largest absolute Gasteiger partial charge is 0.462 e. The third-order valence-electron chi connectivity index (χ3n) is 6.59. The lowest BCUT2D eigenvalue weighted by molar-refractivity contribution is 0.0459. The highest BCUT2D eigenvalue weighted by atomic mass is 79.9. The minimum absolute atomic E-state index is 0.0465. The molecule has 0 bridgehead atoms. The van der Waals surface area contributed by atoms with Crippen LogP contribution in [-0.2, 0) is 14.2 Å². The van der Waals surface area contributed by atoms with Gasteiger partial charge in [-0.2, -0.15) is 0 Å². The second kappa shape index (κ2) is 13.0. The number of benzene rings is 2. The molecule has 220 valence electrons. The first-order valence-electron chi connectivity index (χ1n) is 13.6. The van der Waals surface area contributed by atoms with Crippen molar-refractivity contribution >= 4 is 55.3 Å². The number of pyridine rings is 1. The molecule has 3 heterocycles. The molecule has 11 heteroatoms. The first-order valence-corrected chi connectivity index (χ1v) is 15.2. The molecule has 43 heavy (non-hydrogen) atoms. The Morgan fingerprint density at radius 3 is 1.84 bits per heavy atom. The lowest BCUT2D eigenvalue weighted by Crippen LogP contribution is -2.17. The van der Waals surface area contributed by atoms with Crippen LogP contribution in [0.15, 0.2) is 75.8 Å². The van der Waals surface area contributed by atoms with Gasteiger partial charge in [-0.25, -0.2) is 19.4 Å². The summed E-state index contributed by atoms with van der Waals surface area (Å²) in [6, 6.07) is 19.1. The van der Waals surface area contributed by atoms with Crippen LogP contribution in [0.1, 0.15) is 52.0 Å². The molecule has 5 rings (SSSR count). The lowest BCUT2D eigenvalue weighted by atomic mass is 10.1. The second-order valence-electron chi connectivity index (χ2n) is 9.25. The lowest BCUT2D eigenvalue weighted by Gasteiger charge is -2.07. The zero-order chi connectivity index (χ0) is 30.7. The van der Waals surface area contributed by atoms with Gasteiger partial charge >= 0.3 is 17.9 Å². The summed E-state index contributed by atoms with van der Waals surface area (Å²) >= 11 is 6.99. The average molecular weight is 709 g/mol. The molecule has 0 atom stereocenters. The molecule has 0 saturated heterocycles. The normalized spacial score (nSPS) is 11.0. The molecule has 3 aromatic heterocycles. The molecule has 0 spiro atoms. The van der Waals surface area contributed by atoms with Crippen LogP contribution in [0.3, 0.4) is 0 Å². The number of hydrogen-bond donors (Lipinski definition) is 1. The van der Waals surface area contributed by atoms with Crippen molar-refractivity contribution in [3.8, 4) is 33.9 Å². The number of halogens is 2. The molecule has 1 N–H and O–H groups in total. The number of H-pyrrole nitrogens is 1. The van der Waals surface area contributed by atoms with E-state index in [1.54, 1.807) is 39.1 Å². The molecule has 0 aliphatic heterocycles. The number of aromatic amines is 1. The van der Waals surface area contributed by atoms with E-state index in [9.17, 15) is 14.4 Å². The number of esters is 3. The van der Waals surface area contributed by atoms with E-state index in [0.717, 1.165) is 31.5 Å². The fraction of sp³-hybridized carbons (Fsp3) is 0.188. The van der Waals surface area contributed by atoms with Crippen LogP contribution in [0, 0.1) is 0 Å². The van der Waals surface area contributed by atoms with Gasteiger partial charge in [-0.15, -0.1) is 0 Å². The van der Waals surface area contributed by atoms with Gasteiger partial charge in [-0.3, -0.25) is 0 Å². The maximum absolute atomic E-state index is 13.3. The number of fused-ring (bicyclic) bond motifs is 1. The molecular weight excluding hydrogens is 682 g/mol. The fourth-order valence-electron chi connectivity index (χ4n) is 4.77. The van der Waals surface area contributed by atoms with Crippen LogP contribution in [0.4, 0.5) is 0 Å². The molecule has 9 nitrogen and oxygen atoms in total. The minimum Gasteiger partial charge on any atom is -0.462 e. The van der Waals surface area contributed by atoms with Crippen molar-refractivity contribution in [2.24, 2.45) is 0 Å². The number of ether oxygens (including phenoxy) is 3. The summed E-state index contributed by atoms with van der Waals surface area (Å²) in [6.45, 7) is 5.15. The molecule has 0 amide bonds. The maximum atomic E-state index is 13.3. The fourth-order valence-corrected chi connectivity index (χ4v) is 5.29. The van der Waals surface area contributed by atoms with E-state index in [0.29, 0.717) is 11.4 Å². The number of hydrogen-bond acceptors (Lipinski definition) is 7. The van der Waals surface area contributed by atoms with Crippen LogP contribution >= 0.6 is 31.9 Å². The summed E-state index contributed by atoms with van der Waals surface area (Å²) in [5, 5.41) is 0. The molecule has 0 unspecified atom stereocenters. The molecule has 0 aliphatic carbocycles. The molecule has 0 fully saturated rings. The van der Waals surface area contributed by atoms with Crippen molar-refractivity contribution in [1.82, 2.24) is 14.4 Å². The third kappa shape index (κ3) is 6.00. The summed E-state index contributed by atoms with van der Waals surface area (Å²) in [6.07, 6.45) is 1.60. The predicted octanol–water partition coefficient (Wildman–Crippen LogP) is 7.72. The summed E-state index contributed by atoms with van der Waals surface area (Å²) in [4.78, 5) is 48.0. The van der Waals surface area contributed by atoms with Gasteiger partial charge in [0.25, 0.3) is 0 Å². The monoisotopic (exact) mass is 707 g/mol. The van der Waals surface area contributed by atoms with Gasteiger partial charge < -0.3 is 23.6 Å². The molecule has 0 saturated carbocycles. The average Bonchev–Trinajstić information content (AvgIpc) is 3.58. The molecule has 2 aromatic carbocycles. The van der Waals surface area contributed by atoms with Crippen LogP contribution in [-0.4, -0.2) is 52.1 Å². The molecular formula is C32H27Br2N3O6. The van der Waals surface area contributed by atoms with Crippen molar-refractivity contribution < 1.29 is 28.6 Å². The number of carbonyl (C=O) groups excluding carboxylic acids is 3. The van der Waals surface area contributed by atoms with Gasteiger partial charge in [0.2, 0.25) is 0 Å². The van der Waals surface area contributed by atoms with Crippen LogP contribution in [0.25, 0.3) is 39.4 Å². The predicted molar refractivity (Wildman–Crippen MR) is 169 cm³/mol. The van der Waals surface area contributed by atoms with Crippen LogP contribution < -0.4 is 0 Å². The SMILES string of the molecule is CCOC(=O)c1c(C(=O)OCC)c2cc(-c3nc(-c4ccc(Br)cc4)c(-c4ccc(Br)cc4)[nH]3)ccn2c1C(=O)OCC. The smallest absolute Gasteiger partial charge is 0.356 e. The molecule has 0 radical (unpaired) electrons. The Kier molecular flexibility index (Phi) is 9.12. The third-order valence-corrected chi connectivity index (χ3v) is 7.65. The van der Waals surface area contributed by atoms with Gasteiger partial charge in [-0.05, 0) is 57.2 Å². The van der Waals surface area contributed by atoms with E-state index in [1.807, 2.05) is 48.5 Å². The van der Waals surface area contributed by atoms with E-state index < -0.39 is 17.9 Å². The van der Waals surface area contributed by atoms with Crippen molar-refractivity contribution in [2.45, 2.75) is 20.8 Å². The van der Waals surface area contributed by atoms with Crippen molar-refractivity contribution in [3.05, 3.63) is 92.6 Å². The van der Waals surface area contributed by atoms with E-state index in [-0.39, 0.29) is 42.2 Å². The quantitative estimate of drug-likeness (QED) is 0.123. The summed E-state index contributed by atoms with van der Waals surface area (Å²) in [7, 11) is 0. The number of carbonyl (C=O) groups is 3. The van der Waals surface area contributed by atoms with Crippen LogP contribution in [0.5, 0.6) is 0 Å². The summed E-state index contributed by atoms with van der Waals surface area (Å²) < 4.78 is 19.2. The Balaban J connectivity index is 1.76. The highest BCUT2D eigenvalue weighted by Gasteiger charge is 2.34. The Morgan fingerprint density at radius 2 is 1.26 bits per heavy atom. The van der Waals surface area contributed by atoms with E-state index >= 15 is 0 Å². The first kappa shape index (κ1) is 30.2. The maximum Gasteiger partial charge on any atom is 0.356 e. The van der Waals surface area contributed by atoms with Crippen molar-refractivity contribution in [3.63, 3.8) is 0 Å². The van der Waals surface area contributed by atoms with Gasteiger partial charge in [0.1, 0.15) is 22.6 Å². The van der Waals surface area contributed by atoms with Gasteiger partial charge in [0.05, 0.1) is 36.7 Å². The number of nitrogens with one attached hydrogen (secondary N) is 1. The minimum atomic E-state index is -0.827. The number of imidazole rings is 1. The zero-order valence-electron chi connectivity index (χ0n) is 23.6. The van der Waals surface area contributed by atoms with E-state index in [1.165, 1.54) is 4.40 Å². The summed E-state index contributed by atoms with van der Waals surface area (Å²) in [5.74, 6) is -1.84. The Labute approximate surface area is 264 Å². The number of nitrogens with zero attached hydrogens (tertiary/aromatic N) is 2. The van der Waals surface area contributed by atoms with Gasteiger partial charge in [0.15, 0.2) is 0 Å². The highest BCUT2D eigenvalue weighted by Crippen LogP contribution is 2.36. The Hall–Kier alpha value is -4.22.